The summed E-state index contributed by atoms with van der Waals surface area (Å²) in [7, 11) is -3.76. The fraction of sp³-hybridized carbons (Fsp3) is 0.233. The number of hydrogen-bond donors (Lipinski definition) is 1. The van der Waals surface area contributed by atoms with Crippen molar-refractivity contribution in [2.24, 2.45) is 0 Å². The summed E-state index contributed by atoms with van der Waals surface area (Å²) in [4.78, 5) is 17.0. The fourth-order valence-electron chi connectivity index (χ4n) is 4.36. The number of ether oxygens (including phenoxy) is 1. The summed E-state index contributed by atoms with van der Waals surface area (Å²) in [6.45, 7) is 7.67. The van der Waals surface area contributed by atoms with E-state index in [1.165, 1.54) is 30.6 Å². The molecule has 2 aromatic carbocycles. The third-order valence-electron chi connectivity index (χ3n) is 6.42. The minimum atomic E-state index is -3.76. The van der Waals surface area contributed by atoms with Crippen LogP contribution in [0.15, 0.2) is 78.2 Å². The van der Waals surface area contributed by atoms with Crippen LogP contribution in [-0.2, 0) is 32.3 Å². The second-order valence-corrected chi connectivity index (χ2v) is 12.8. The molecular formula is C30H29FN6O4S. The molecule has 1 amide bonds. The van der Waals surface area contributed by atoms with Crippen molar-refractivity contribution >= 4 is 32.3 Å². The van der Waals surface area contributed by atoms with Crippen molar-refractivity contribution in [3.8, 4) is 11.5 Å². The Morgan fingerprint density at radius 2 is 1.90 bits per heavy atom. The highest BCUT2D eigenvalue weighted by Crippen LogP contribution is 2.34. The zero-order valence-corrected chi connectivity index (χ0v) is 24.3. The maximum Gasteiger partial charge on any atom is 0.228 e. The molecule has 12 heteroatoms. The second kappa shape index (κ2) is 11.3. The number of rotatable bonds is 8. The molecule has 42 heavy (non-hydrogen) atoms. The summed E-state index contributed by atoms with van der Waals surface area (Å²) in [6, 6.07) is 12.2. The van der Waals surface area contributed by atoms with Crippen molar-refractivity contribution in [2.45, 2.75) is 50.3 Å². The topological polar surface area (TPSA) is 129 Å². The number of aromatic nitrogens is 5. The van der Waals surface area contributed by atoms with E-state index >= 15 is 4.39 Å². The van der Waals surface area contributed by atoms with Crippen LogP contribution in [0.1, 0.15) is 37.6 Å². The number of nitrogens with one attached hydrogen (secondary N) is 1. The maximum absolute atomic E-state index is 15.3. The van der Waals surface area contributed by atoms with Crippen LogP contribution in [0.5, 0.6) is 11.5 Å². The molecule has 0 unspecified atom stereocenters. The van der Waals surface area contributed by atoms with Crippen LogP contribution in [0.25, 0.3) is 10.9 Å². The van der Waals surface area contributed by atoms with Crippen molar-refractivity contribution < 1.29 is 22.3 Å². The lowest BCUT2D eigenvalue weighted by molar-refractivity contribution is -0.115. The van der Waals surface area contributed by atoms with E-state index in [0.29, 0.717) is 33.4 Å². The molecule has 0 aliphatic carbocycles. The van der Waals surface area contributed by atoms with E-state index in [1.807, 2.05) is 20.8 Å². The van der Waals surface area contributed by atoms with Gasteiger partial charge < -0.3 is 10.1 Å². The SMILES string of the molecule is Cc1cc(CC(=O)Nc2cnn(C(C)(C)C)c2)cc(F)c1Oc1ccnc2ccc(S(=O)(=O)Cc3cccnn3)cc12. The molecular weight excluding hydrogens is 559 g/mol. The first-order valence-electron chi connectivity index (χ1n) is 13.1. The van der Waals surface area contributed by atoms with E-state index in [9.17, 15) is 13.2 Å². The van der Waals surface area contributed by atoms with Gasteiger partial charge in [0.15, 0.2) is 21.4 Å². The van der Waals surface area contributed by atoms with Crippen LogP contribution in [0, 0.1) is 12.7 Å². The summed E-state index contributed by atoms with van der Waals surface area (Å²) < 4.78 is 49.2. The Balaban J connectivity index is 1.36. The predicted octanol–water partition coefficient (Wildman–Crippen LogP) is 5.37. The van der Waals surface area contributed by atoms with Gasteiger partial charge in [0, 0.05) is 24.0 Å². The molecule has 216 valence electrons. The molecule has 0 aliphatic heterocycles. The zero-order valence-electron chi connectivity index (χ0n) is 23.5. The Bertz CT molecular complexity index is 1860. The molecule has 0 bridgehead atoms. The monoisotopic (exact) mass is 588 g/mol. The summed E-state index contributed by atoms with van der Waals surface area (Å²) in [5.74, 6) is -1.10. The van der Waals surface area contributed by atoms with Gasteiger partial charge in [-0.3, -0.25) is 14.5 Å². The average molecular weight is 589 g/mol. The summed E-state index contributed by atoms with van der Waals surface area (Å²) in [5, 5.41) is 15.1. The van der Waals surface area contributed by atoms with Crippen LogP contribution >= 0.6 is 0 Å². The molecule has 3 aromatic heterocycles. The third-order valence-corrected chi connectivity index (χ3v) is 8.06. The van der Waals surface area contributed by atoms with Crippen LogP contribution in [0.4, 0.5) is 10.1 Å². The fourth-order valence-corrected chi connectivity index (χ4v) is 5.64. The number of fused-ring (bicyclic) bond motifs is 1. The number of nitrogens with zero attached hydrogens (tertiary/aromatic N) is 5. The number of anilines is 1. The molecule has 0 saturated heterocycles. The van der Waals surface area contributed by atoms with Gasteiger partial charge in [0.1, 0.15) is 5.75 Å². The number of aryl methyl sites for hydroxylation is 1. The van der Waals surface area contributed by atoms with E-state index < -0.39 is 15.7 Å². The van der Waals surface area contributed by atoms with Gasteiger partial charge in [0.25, 0.3) is 0 Å². The number of hydrogen-bond acceptors (Lipinski definition) is 8. The zero-order chi connectivity index (χ0) is 30.1. The Morgan fingerprint density at radius 1 is 1.10 bits per heavy atom. The van der Waals surface area contributed by atoms with Crippen molar-refractivity contribution in [3.05, 3.63) is 96.0 Å². The summed E-state index contributed by atoms with van der Waals surface area (Å²) in [5.41, 5.74) is 2.05. The number of halogens is 1. The van der Waals surface area contributed by atoms with Crippen LogP contribution < -0.4 is 10.1 Å². The maximum atomic E-state index is 15.3. The Kier molecular flexibility index (Phi) is 7.74. The highest BCUT2D eigenvalue weighted by Gasteiger charge is 2.20. The average Bonchev–Trinajstić information content (AvgIpc) is 3.40. The molecule has 0 radical (unpaired) electrons. The van der Waals surface area contributed by atoms with Crippen molar-refractivity contribution in [1.29, 1.82) is 0 Å². The lowest BCUT2D eigenvalue weighted by atomic mass is 10.1. The molecule has 5 rings (SSSR count). The number of sulfone groups is 1. The van der Waals surface area contributed by atoms with Gasteiger partial charge in [-0.15, -0.1) is 0 Å². The summed E-state index contributed by atoms with van der Waals surface area (Å²) in [6.07, 6.45) is 6.22. The van der Waals surface area contributed by atoms with Crippen LogP contribution in [0.3, 0.4) is 0 Å². The highest BCUT2D eigenvalue weighted by molar-refractivity contribution is 7.90. The van der Waals surface area contributed by atoms with Gasteiger partial charge in [-0.2, -0.15) is 15.3 Å². The van der Waals surface area contributed by atoms with Gasteiger partial charge in [0.05, 0.1) is 45.7 Å². The minimum absolute atomic E-state index is 0.0362. The quantitative estimate of drug-likeness (QED) is 0.256. The normalized spacial score (nSPS) is 11.9. The highest BCUT2D eigenvalue weighted by atomic mass is 32.2. The molecule has 0 spiro atoms. The van der Waals surface area contributed by atoms with E-state index in [0.717, 1.165) is 0 Å². The number of amides is 1. The Morgan fingerprint density at radius 3 is 2.60 bits per heavy atom. The van der Waals surface area contributed by atoms with E-state index in [1.54, 1.807) is 54.3 Å². The Hall–Kier alpha value is -4.71. The Labute approximate surface area is 242 Å². The first-order valence-corrected chi connectivity index (χ1v) is 14.7. The van der Waals surface area contributed by atoms with Gasteiger partial charge in [-0.25, -0.2) is 12.8 Å². The largest absolute Gasteiger partial charge is 0.453 e. The molecule has 1 N–H and O–H groups in total. The smallest absolute Gasteiger partial charge is 0.228 e. The molecule has 0 aliphatic rings. The van der Waals surface area contributed by atoms with Crippen molar-refractivity contribution in [3.63, 3.8) is 0 Å². The number of carbonyl (C=O) groups is 1. The van der Waals surface area contributed by atoms with Gasteiger partial charge >= 0.3 is 0 Å². The first kappa shape index (κ1) is 28.8. The number of pyridine rings is 1. The first-order chi connectivity index (χ1) is 19.9. The van der Waals surface area contributed by atoms with Gasteiger partial charge in [-0.1, -0.05) is 6.07 Å². The van der Waals surface area contributed by atoms with Crippen LogP contribution in [-0.4, -0.2) is 39.3 Å². The van der Waals surface area contributed by atoms with Crippen LogP contribution in [0.2, 0.25) is 0 Å². The van der Waals surface area contributed by atoms with E-state index in [-0.39, 0.29) is 40.0 Å². The van der Waals surface area contributed by atoms with Crippen molar-refractivity contribution in [2.75, 3.05) is 5.32 Å². The third kappa shape index (κ3) is 6.44. The molecule has 0 atom stereocenters. The summed E-state index contributed by atoms with van der Waals surface area (Å²) >= 11 is 0. The molecule has 10 nitrogen and oxygen atoms in total. The molecule has 3 heterocycles. The van der Waals surface area contributed by atoms with E-state index in [2.05, 4.69) is 25.6 Å². The minimum Gasteiger partial charge on any atom is -0.453 e. The van der Waals surface area contributed by atoms with Gasteiger partial charge in [-0.05, 0) is 81.3 Å². The van der Waals surface area contributed by atoms with Crippen molar-refractivity contribution in [1.82, 2.24) is 25.0 Å². The predicted molar refractivity (Wildman–Crippen MR) is 155 cm³/mol. The molecule has 0 saturated carbocycles. The number of benzene rings is 2. The molecule has 0 fully saturated rings. The standard InChI is InChI=1S/C30H29FN6O4S/c1-19-12-20(14-28(38)35-22-16-34-37(17-22)30(2,3)4)13-25(31)29(19)41-27-9-11-32-26-8-7-23(15-24(26)27)42(39,40)18-21-6-5-10-33-36-21/h5-13,15-17H,14,18H2,1-4H3,(H,35,38). The number of carbonyl (C=O) groups excluding carboxylic acids is 1. The lowest BCUT2D eigenvalue weighted by Gasteiger charge is -2.18. The second-order valence-electron chi connectivity index (χ2n) is 10.9. The molecule has 5 aromatic rings. The van der Waals surface area contributed by atoms with Gasteiger partial charge in [0.2, 0.25) is 5.91 Å². The van der Waals surface area contributed by atoms with E-state index in [4.69, 9.17) is 4.74 Å². The lowest BCUT2D eigenvalue weighted by Crippen LogP contribution is -2.22.